The summed E-state index contributed by atoms with van der Waals surface area (Å²) in [4.78, 5) is 38.5. The lowest BCUT2D eigenvalue weighted by Crippen LogP contribution is -2.28. The molecule has 2 aromatic rings. The third-order valence-corrected chi connectivity index (χ3v) is 5.36. The van der Waals surface area contributed by atoms with Crippen LogP contribution in [0, 0.1) is 12.8 Å². The molecule has 1 saturated heterocycles. The van der Waals surface area contributed by atoms with E-state index in [-0.39, 0.29) is 25.5 Å². The first-order chi connectivity index (χ1) is 13.9. The summed E-state index contributed by atoms with van der Waals surface area (Å²) in [5.41, 5.74) is 3.42. The van der Waals surface area contributed by atoms with Crippen molar-refractivity contribution in [3.63, 3.8) is 0 Å². The van der Waals surface area contributed by atoms with Crippen LogP contribution < -0.4 is 10.2 Å². The van der Waals surface area contributed by atoms with Crippen LogP contribution in [0.4, 0.5) is 11.4 Å². The first kappa shape index (κ1) is 21.0. The molecular weight excluding hydrogens is 436 g/mol. The molecule has 29 heavy (non-hydrogen) atoms. The van der Waals surface area contributed by atoms with E-state index < -0.39 is 17.8 Å². The van der Waals surface area contributed by atoms with Gasteiger partial charge in [0.15, 0.2) is 6.61 Å². The third kappa shape index (κ3) is 5.03. The molecule has 1 heterocycles. The quantitative estimate of drug-likeness (QED) is 0.666. The second kappa shape index (κ2) is 9.22. The van der Waals surface area contributed by atoms with Crippen molar-refractivity contribution in [1.82, 2.24) is 0 Å². The Bertz CT molecular complexity index is 930. The van der Waals surface area contributed by atoms with Gasteiger partial charge in [0.25, 0.3) is 5.91 Å². The van der Waals surface area contributed by atoms with E-state index in [0.717, 1.165) is 33.4 Å². The Morgan fingerprint density at radius 2 is 1.97 bits per heavy atom. The SMILES string of the molecule is CCc1cc(Br)cc(C)c1NC(=O)COC(=O)C1CC(=O)N(c2ccccc2)C1. The van der Waals surface area contributed by atoms with Crippen molar-refractivity contribution >= 4 is 45.1 Å². The second-order valence-electron chi connectivity index (χ2n) is 7.01. The standard InChI is InChI=1S/C22H23BrN2O4/c1-3-15-10-17(23)9-14(2)21(15)24-19(26)13-29-22(28)16-11-20(27)25(12-16)18-7-5-4-6-8-18/h4-10,16H,3,11-13H2,1-2H3,(H,24,26). The monoisotopic (exact) mass is 458 g/mol. The molecule has 1 atom stereocenters. The van der Waals surface area contributed by atoms with E-state index in [1.54, 1.807) is 4.90 Å². The molecule has 1 N–H and O–H groups in total. The molecule has 1 aliphatic heterocycles. The molecule has 0 aromatic heterocycles. The van der Waals surface area contributed by atoms with Gasteiger partial charge in [0, 0.05) is 28.8 Å². The first-order valence-corrected chi connectivity index (χ1v) is 10.3. The van der Waals surface area contributed by atoms with Crippen LogP contribution in [0.1, 0.15) is 24.5 Å². The maximum atomic E-state index is 12.4. The molecule has 2 aromatic carbocycles. The maximum Gasteiger partial charge on any atom is 0.311 e. The molecule has 0 radical (unpaired) electrons. The number of aryl methyl sites for hydroxylation is 2. The topological polar surface area (TPSA) is 75.7 Å². The number of carbonyl (C=O) groups is 3. The van der Waals surface area contributed by atoms with Crippen molar-refractivity contribution in [2.24, 2.45) is 5.92 Å². The van der Waals surface area contributed by atoms with Gasteiger partial charge in [-0.05, 0) is 48.7 Å². The molecule has 2 amide bonds. The van der Waals surface area contributed by atoms with Crippen LogP contribution in [0.25, 0.3) is 0 Å². The van der Waals surface area contributed by atoms with Gasteiger partial charge in [0.2, 0.25) is 5.91 Å². The highest BCUT2D eigenvalue weighted by Crippen LogP contribution is 2.27. The summed E-state index contributed by atoms with van der Waals surface area (Å²) >= 11 is 3.45. The average molecular weight is 459 g/mol. The van der Waals surface area contributed by atoms with Gasteiger partial charge in [-0.25, -0.2) is 0 Å². The fraction of sp³-hybridized carbons (Fsp3) is 0.318. The summed E-state index contributed by atoms with van der Waals surface area (Å²) in [6.45, 7) is 3.79. The number of hydrogen-bond donors (Lipinski definition) is 1. The lowest BCUT2D eigenvalue weighted by molar-refractivity contribution is -0.151. The number of nitrogens with one attached hydrogen (secondary N) is 1. The lowest BCUT2D eigenvalue weighted by Gasteiger charge is -2.16. The predicted molar refractivity (Wildman–Crippen MR) is 115 cm³/mol. The van der Waals surface area contributed by atoms with Crippen molar-refractivity contribution in [1.29, 1.82) is 0 Å². The van der Waals surface area contributed by atoms with Crippen LogP contribution >= 0.6 is 15.9 Å². The van der Waals surface area contributed by atoms with Crippen LogP contribution in [0.3, 0.4) is 0 Å². The van der Waals surface area contributed by atoms with E-state index in [1.165, 1.54) is 0 Å². The minimum absolute atomic E-state index is 0.0845. The minimum atomic E-state index is -0.573. The molecule has 1 unspecified atom stereocenters. The summed E-state index contributed by atoms with van der Waals surface area (Å²) in [6.07, 6.45) is 0.844. The minimum Gasteiger partial charge on any atom is -0.455 e. The highest BCUT2D eigenvalue weighted by Gasteiger charge is 2.36. The Morgan fingerprint density at radius 3 is 2.66 bits per heavy atom. The molecule has 3 rings (SSSR count). The summed E-state index contributed by atoms with van der Waals surface area (Å²) in [7, 11) is 0. The van der Waals surface area contributed by atoms with Crippen LogP contribution in [0.2, 0.25) is 0 Å². The van der Waals surface area contributed by atoms with E-state index in [1.807, 2.05) is 56.3 Å². The van der Waals surface area contributed by atoms with Crippen LogP contribution in [0.15, 0.2) is 46.9 Å². The molecule has 1 aliphatic rings. The van der Waals surface area contributed by atoms with Crippen LogP contribution in [-0.2, 0) is 25.5 Å². The van der Waals surface area contributed by atoms with Gasteiger partial charge in [-0.15, -0.1) is 0 Å². The molecule has 0 spiro atoms. The zero-order chi connectivity index (χ0) is 21.0. The molecule has 7 heteroatoms. The van der Waals surface area contributed by atoms with Gasteiger partial charge in [-0.1, -0.05) is 41.1 Å². The summed E-state index contributed by atoms with van der Waals surface area (Å²) in [6, 6.07) is 13.1. The van der Waals surface area contributed by atoms with Crippen molar-refractivity contribution in [2.75, 3.05) is 23.4 Å². The number of hydrogen-bond acceptors (Lipinski definition) is 4. The molecule has 1 fully saturated rings. The predicted octanol–water partition coefficient (Wildman–Crippen LogP) is 3.85. The average Bonchev–Trinajstić information content (AvgIpc) is 3.10. The van der Waals surface area contributed by atoms with Crippen molar-refractivity contribution < 1.29 is 19.1 Å². The number of halogens is 1. The van der Waals surface area contributed by atoms with E-state index in [9.17, 15) is 14.4 Å². The zero-order valence-electron chi connectivity index (χ0n) is 16.4. The van der Waals surface area contributed by atoms with Crippen LogP contribution in [-0.4, -0.2) is 30.9 Å². The van der Waals surface area contributed by atoms with E-state index in [4.69, 9.17) is 4.74 Å². The zero-order valence-corrected chi connectivity index (χ0v) is 18.0. The fourth-order valence-corrected chi connectivity index (χ4v) is 4.04. The maximum absolute atomic E-state index is 12.4. The first-order valence-electron chi connectivity index (χ1n) is 9.50. The number of rotatable bonds is 6. The Hall–Kier alpha value is -2.67. The number of esters is 1. The largest absolute Gasteiger partial charge is 0.455 e. The Labute approximate surface area is 178 Å². The number of anilines is 2. The fourth-order valence-electron chi connectivity index (χ4n) is 3.42. The van der Waals surface area contributed by atoms with Gasteiger partial charge in [-0.2, -0.15) is 0 Å². The second-order valence-corrected chi connectivity index (χ2v) is 7.92. The normalized spacial score (nSPS) is 16.0. The summed E-state index contributed by atoms with van der Waals surface area (Å²) < 4.78 is 6.14. The highest BCUT2D eigenvalue weighted by molar-refractivity contribution is 9.10. The number of para-hydroxylation sites is 1. The van der Waals surface area contributed by atoms with E-state index >= 15 is 0 Å². The third-order valence-electron chi connectivity index (χ3n) is 4.90. The molecule has 6 nitrogen and oxygen atoms in total. The van der Waals surface area contributed by atoms with Crippen molar-refractivity contribution in [3.05, 3.63) is 58.1 Å². The summed E-state index contributed by atoms with van der Waals surface area (Å²) in [5.74, 6) is -1.63. The number of benzene rings is 2. The Morgan fingerprint density at radius 1 is 1.24 bits per heavy atom. The molecule has 0 aliphatic carbocycles. The molecule has 0 saturated carbocycles. The van der Waals surface area contributed by atoms with Crippen molar-refractivity contribution in [2.45, 2.75) is 26.7 Å². The highest BCUT2D eigenvalue weighted by atomic mass is 79.9. The number of ether oxygens (including phenoxy) is 1. The molecule has 0 bridgehead atoms. The number of carbonyl (C=O) groups excluding carboxylic acids is 3. The smallest absolute Gasteiger partial charge is 0.311 e. The van der Waals surface area contributed by atoms with Crippen molar-refractivity contribution in [3.8, 4) is 0 Å². The summed E-state index contributed by atoms with van der Waals surface area (Å²) in [5, 5.41) is 2.83. The van der Waals surface area contributed by atoms with Gasteiger partial charge in [-0.3, -0.25) is 14.4 Å². The van der Waals surface area contributed by atoms with Crippen LogP contribution in [0.5, 0.6) is 0 Å². The van der Waals surface area contributed by atoms with Gasteiger partial charge in [0.1, 0.15) is 0 Å². The van der Waals surface area contributed by atoms with Gasteiger partial charge >= 0.3 is 5.97 Å². The number of nitrogens with zero attached hydrogens (tertiary/aromatic N) is 1. The van der Waals surface area contributed by atoms with E-state index in [2.05, 4.69) is 21.2 Å². The van der Waals surface area contributed by atoms with Gasteiger partial charge < -0.3 is 15.0 Å². The molecular formula is C22H23BrN2O4. The molecule has 152 valence electrons. The Balaban J connectivity index is 1.56. The van der Waals surface area contributed by atoms with E-state index in [0.29, 0.717) is 0 Å². The Kier molecular flexibility index (Phi) is 6.69. The van der Waals surface area contributed by atoms with Gasteiger partial charge in [0.05, 0.1) is 5.92 Å². The lowest BCUT2D eigenvalue weighted by atomic mass is 10.1. The number of amides is 2.